The first-order valence-corrected chi connectivity index (χ1v) is 7.79. The predicted molar refractivity (Wildman–Crippen MR) is 86.9 cm³/mol. The van der Waals surface area contributed by atoms with Gasteiger partial charge in [-0.15, -0.1) is 0 Å². The second-order valence-electron chi connectivity index (χ2n) is 5.77. The minimum absolute atomic E-state index is 0.0407. The molecule has 2 atom stereocenters. The smallest absolute Gasteiger partial charge is 0.226 e. The molecule has 2 aromatic carbocycles. The third-order valence-corrected chi connectivity index (χ3v) is 4.40. The van der Waals surface area contributed by atoms with E-state index in [-0.39, 0.29) is 23.6 Å². The summed E-state index contributed by atoms with van der Waals surface area (Å²) in [6.45, 7) is 2.67. The van der Waals surface area contributed by atoms with Gasteiger partial charge in [-0.2, -0.15) is 0 Å². The molecule has 3 nitrogen and oxygen atoms in total. The van der Waals surface area contributed by atoms with Gasteiger partial charge in [-0.1, -0.05) is 42.8 Å². The SMILES string of the molecule is CC1CCN(C(c2cccc(O)c2)c2cccc(Cl)c2)C1=O. The number of hydrogen-bond acceptors (Lipinski definition) is 2. The largest absolute Gasteiger partial charge is 0.508 e. The summed E-state index contributed by atoms with van der Waals surface area (Å²) in [5.41, 5.74) is 1.85. The van der Waals surface area contributed by atoms with E-state index in [2.05, 4.69) is 0 Å². The van der Waals surface area contributed by atoms with Crippen molar-refractivity contribution in [3.8, 4) is 5.75 Å². The van der Waals surface area contributed by atoms with E-state index >= 15 is 0 Å². The fourth-order valence-corrected chi connectivity index (χ4v) is 3.23. The molecule has 1 aliphatic heterocycles. The lowest BCUT2D eigenvalue weighted by atomic mass is 9.97. The van der Waals surface area contributed by atoms with Gasteiger partial charge in [0, 0.05) is 17.5 Å². The first-order valence-electron chi connectivity index (χ1n) is 7.41. The lowest BCUT2D eigenvalue weighted by Gasteiger charge is -2.29. The van der Waals surface area contributed by atoms with E-state index in [1.165, 1.54) is 0 Å². The quantitative estimate of drug-likeness (QED) is 0.930. The van der Waals surface area contributed by atoms with E-state index in [0.29, 0.717) is 11.6 Å². The van der Waals surface area contributed by atoms with Crippen molar-refractivity contribution in [2.24, 2.45) is 5.92 Å². The molecule has 1 fully saturated rings. The summed E-state index contributed by atoms with van der Waals surface area (Å²) in [5.74, 6) is 0.386. The van der Waals surface area contributed by atoms with Crippen LogP contribution in [0.3, 0.4) is 0 Å². The zero-order valence-electron chi connectivity index (χ0n) is 12.4. The van der Waals surface area contributed by atoms with Crippen LogP contribution in [-0.2, 0) is 4.79 Å². The Labute approximate surface area is 135 Å². The first kappa shape index (κ1) is 14.9. The zero-order valence-corrected chi connectivity index (χ0v) is 13.1. The van der Waals surface area contributed by atoms with Crippen molar-refractivity contribution in [3.63, 3.8) is 0 Å². The van der Waals surface area contributed by atoms with Crippen molar-refractivity contribution in [1.82, 2.24) is 4.90 Å². The van der Waals surface area contributed by atoms with Gasteiger partial charge in [0.25, 0.3) is 0 Å². The standard InChI is InChI=1S/C18H18ClNO2/c1-12-8-9-20(18(12)22)17(13-4-2-6-15(19)10-13)14-5-3-7-16(21)11-14/h2-7,10-12,17,21H,8-9H2,1H3. The van der Waals surface area contributed by atoms with Crippen LogP contribution >= 0.6 is 11.6 Å². The first-order chi connectivity index (χ1) is 10.6. The van der Waals surface area contributed by atoms with Crippen LogP contribution in [0.25, 0.3) is 0 Å². The van der Waals surface area contributed by atoms with E-state index in [1.807, 2.05) is 42.2 Å². The monoisotopic (exact) mass is 315 g/mol. The van der Waals surface area contributed by atoms with Crippen molar-refractivity contribution in [1.29, 1.82) is 0 Å². The van der Waals surface area contributed by atoms with Crippen molar-refractivity contribution >= 4 is 17.5 Å². The molecular formula is C18H18ClNO2. The maximum atomic E-state index is 12.5. The Hall–Kier alpha value is -2.00. The molecule has 0 aliphatic carbocycles. The summed E-state index contributed by atoms with van der Waals surface area (Å²) in [4.78, 5) is 14.4. The number of phenolic OH excluding ortho intramolecular Hbond substituents is 1. The lowest BCUT2D eigenvalue weighted by Crippen LogP contribution is -2.32. The fraction of sp³-hybridized carbons (Fsp3) is 0.278. The molecule has 3 rings (SSSR count). The molecular weight excluding hydrogens is 298 g/mol. The maximum absolute atomic E-state index is 12.5. The molecule has 1 N–H and O–H groups in total. The highest BCUT2D eigenvalue weighted by Crippen LogP contribution is 2.35. The molecule has 114 valence electrons. The lowest BCUT2D eigenvalue weighted by molar-refractivity contribution is -0.131. The Morgan fingerprint density at radius 3 is 2.45 bits per heavy atom. The number of rotatable bonds is 3. The number of aromatic hydroxyl groups is 1. The summed E-state index contributed by atoms with van der Waals surface area (Å²) in [6, 6.07) is 14.4. The summed E-state index contributed by atoms with van der Waals surface area (Å²) >= 11 is 6.13. The van der Waals surface area contributed by atoms with Crippen molar-refractivity contribution in [2.45, 2.75) is 19.4 Å². The van der Waals surface area contributed by atoms with Crippen LogP contribution in [-0.4, -0.2) is 22.5 Å². The van der Waals surface area contributed by atoms with E-state index < -0.39 is 0 Å². The van der Waals surface area contributed by atoms with Gasteiger partial charge < -0.3 is 10.0 Å². The topological polar surface area (TPSA) is 40.5 Å². The number of amides is 1. The molecule has 1 aliphatic rings. The fourth-order valence-electron chi connectivity index (χ4n) is 3.03. The van der Waals surface area contributed by atoms with Gasteiger partial charge in [0.05, 0.1) is 6.04 Å². The van der Waals surface area contributed by atoms with Crippen LogP contribution in [0.15, 0.2) is 48.5 Å². The van der Waals surface area contributed by atoms with Crippen LogP contribution in [0.1, 0.15) is 30.5 Å². The number of benzene rings is 2. The van der Waals surface area contributed by atoms with E-state index in [9.17, 15) is 9.90 Å². The highest BCUT2D eigenvalue weighted by atomic mass is 35.5. The number of carbonyl (C=O) groups is 1. The minimum Gasteiger partial charge on any atom is -0.508 e. The summed E-state index contributed by atoms with van der Waals surface area (Å²) in [7, 11) is 0. The minimum atomic E-state index is -0.219. The van der Waals surface area contributed by atoms with Crippen molar-refractivity contribution in [3.05, 3.63) is 64.7 Å². The number of hydrogen-bond donors (Lipinski definition) is 1. The number of nitrogens with zero attached hydrogens (tertiary/aromatic N) is 1. The second-order valence-corrected chi connectivity index (χ2v) is 6.21. The third kappa shape index (κ3) is 2.81. The third-order valence-electron chi connectivity index (χ3n) is 4.17. The van der Waals surface area contributed by atoms with Gasteiger partial charge in [0.1, 0.15) is 5.75 Å². The molecule has 2 unspecified atom stereocenters. The van der Waals surface area contributed by atoms with Gasteiger partial charge in [-0.25, -0.2) is 0 Å². The van der Waals surface area contributed by atoms with Crippen LogP contribution in [0, 0.1) is 5.92 Å². The van der Waals surface area contributed by atoms with E-state index in [0.717, 1.165) is 17.5 Å². The van der Waals surface area contributed by atoms with Gasteiger partial charge in [-0.05, 0) is 41.8 Å². The highest BCUT2D eigenvalue weighted by molar-refractivity contribution is 6.30. The number of phenols is 1. The molecule has 0 spiro atoms. The molecule has 4 heteroatoms. The Kier molecular flexibility index (Phi) is 4.08. The Bertz CT molecular complexity index is 655. The Balaban J connectivity index is 2.08. The molecule has 0 radical (unpaired) electrons. The zero-order chi connectivity index (χ0) is 15.7. The molecule has 1 saturated heterocycles. The highest BCUT2D eigenvalue weighted by Gasteiger charge is 2.34. The Morgan fingerprint density at radius 1 is 1.18 bits per heavy atom. The molecule has 0 saturated carbocycles. The molecule has 1 heterocycles. The molecule has 0 aromatic heterocycles. The van der Waals surface area contributed by atoms with Crippen molar-refractivity contribution < 1.29 is 9.90 Å². The number of halogens is 1. The average Bonchev–Trinajstić information content (AvgIpc) is 2.80. The summed E-state index contributed by atoms with van der Waals surface area (Å²) in [5, 5.41) is 10.4. The Morgan fingerprint density at radius 2 is 1.86 bits per heavy atom. The maximum Gasteiger partial charge on any atom is 0.226 e. The normalized spacial score (nSPS) is 19.5. The van der Waals surface area contributed by atoms with Crippen LogP contribution in [0.4, 0.5) is 0 Å². The molecule has 1 amide bonds. The van der Waals surface area contributed by atoms with Gasteiger partial charge in [-0.3, -0.25) is 4.79 Å². The van der Waals surface area contributed by atoms with E-state index in [4.69, 9.17) is 11.6 Å². The van der Waals surface area contributed by atoms with E-state index in [1.54, 1.807) is 18.2 Å². The van der Waals surface area contributed by atoms with Gasteiger partial charge in [0.15, 0.2) is 0 Å². The number of likely N-dealkylation sites (tertiary alicyclic amines) is 1. The van der Waals surface area contributed by atoms with Crippen molar-refractivity contribution in [2.75, 3.05) is 6.54 Å². The van der Waals surface area contributed by atoms with Gasteiger partial charge >= 0.3 is 0 Å². The predicted octanol–water partition coefficient (Wildman–Crippen LogP) is 4.00. The van der Waals surface area contributed by atoms with Crippen LogP contribution in [0.2, 0.25) is 5.02 Å². The second kappa shape index (κ2) is 6.01. The summed E-state index contributed by atoms with van der Waals surface area (Å²) < 4.78 is 0. The molecule has 22 heavy (non-hydrogen) atoms. The van der Waals surface area contributed by atoms with Crippen LogP contribution in [0.5, 0.6) is 5.75 Å². The van der Waals surface area contributed by atoms with Gasteiger partial charge in [0.2, 0.25) is 5.91 Å². The average molecular weight is 316 g/mol. The van der Waals surface area contributed by atoms with Crippen LogP contribution < -0.4 is 0 Å². The molecule has 2 aromatic rings. The number of carbonyl (C=O) groups excluding carboxylic acids is 1. The summed E-state index contributed by atoms with van der Waals surface area (Å²) in [6.07, 6.45) is 0.856. The molecule has 0 bridgehead atoms.